The van der Waals surface area contributed by atoms with Gasteiger partial charge >= 0.3 is 6.03 Å². The topological polar surface area (TPSA) is 78.7 Å². The molecule has 1 aromatic carbocycles. The van der Waals surface area contributed by atoms with Crippen molar-refractivity contribution in [1.29, 1.82) is 0 Å². The van der Waals surface area contributed by atoms with Crippen molar-refractivity contribution in [3.63, 3.8) is 0 Å². The van der Waals surface area contributed by atoms with Gasteiger partial charge in [0, 0.05) is 38.6 Å². The number of hydrogen-bond acceptors (Lipinski definition) is 3. The molecule has 2 aliphatic heterocycles. The number of amides is 3. The third kappa shape index (κ3) is 4.85. The number of nitrogens with two attached hydrogens (primary N) is 1. The highest BCUT2D eigenvalue weighted by molar-refractivity contribution is 5.81. The zero-order valence-electron chi connectivity index (χ0n) is 17.1. The van der Waals surface area contributed by atoms with Crippen LogP contribution in [-0.4, -0.2) is 61.0 Å². The predicted molar refractivity (Wildman–Crippen MR) is 111 cm³/mol. The smallest absolute Gasteiger partial charge is 0.317 e. The number of carbonyl (C=O) groups is 2. The maximum absolute atomic E-state index is 13.2. The van der Waals surface area contributed by atoms with Crippen molar-refractivity contribution in [2.45, 2.75) is 32.6 Å². The largest absolute Gasteiger partial charge is 0.341 e. The quantitative estimate of drug-likeness (QED) is 0.815. The van der Waals surface area contributed by atoms with Crippen LogP contribution in [0.3, 0.4) is 0 Å². The minimum atomic E-state index is -0.105. The Balaban J connectivity index is 1.61. The van der Waals surface area contributed by atoms with Gasteiger partial charge in [-0.25, -0.2) is 4.79 Å². The van der Waals surface area contributed by atoms with E-state index in [-0.39, 0.29) is 17.9 Å². The fourth-order valence-electron chi connectivity index (χ4n) is 4.39. The van der Waals surface area contributed by atoms with Gasteiger partial charge in [0.15, 0.2) is 0 Å². The molecule has 3 atom stereocenters. The zero-order chi connectivity index (χ0) is 20.1. The van der Waals surface area contributed by atoms with Crippen LogP contribution in [-0.2, 0) is 4.79 Å². The Labute approximate surface area is 168 Å². The molecule has 2 heterocycles. The van der Waals surface area contributed by atoms with Gasteiger partial charge in [0.1, 0.15) is 0 Å². The Morgan fingerprint density at radius 1 is 1.14 bits per heavy atom. The molecule has 154 valence electrons. The van der Waals surface area contributed by atoms with Gasteiger partial charge in [-0.3, -0.25) is 4.79 Å². The maximum Gasteiger partial charge on any atom is 0.317 e. The van der Waals surface area contributed by atoms with E-state index in [1.165, 1.54) is 5.56 Å². The number of piperidine rings is 1. The van der Waals surface area contributed by atoms with E-state index in [4.69, 9.17) is 5.73 Å². The summed E-state index contributed by atoms with van der Waals surface area (Å²) < 4.78 is 0. The molecule has 1 unspecified atom stereocenters. The molecule has 1 aromatic rings. The molecule has 2 aliphatic rings. The summed E-state index contributed by atoms with van der Waals surface area (Å²) in [5.74, 6) is 1.08. The van der Waals surface area contributed by atoms with E-state index in [1.807, 2.05) is 23.1 Å². The first-order chi connectivity index (χ1) is 13.5. The van der Waals surface area contributed by atoms with Crippen LogP contribution in [0.1, 0.15) is 38.2 Å². The molecule has 3 rings (SSSR count). The first-order valence-electron chi connectivity index (χ1n) is 10.6. The minimum absolute atomic E-state index is 0.0466. The predicted octanol–water partition coefficient (Wildman–Crippen LogP) is 2.26. The molecular weight excluding hydrogens is 352 g/mol. The van der Waals surface area contributed by atoms with Crippen molar-refractivity contribution in [3.05, 3.63) is 35.9 Å². The van der Waals surface area contributed by atoms with Gasteiger partial charge in [-0.15, -0.1) is 0 Å². The van der Waals surface area contributed by atoms with Gasteiger partial charge in [0.05, 0.1) is 5.92 Å². The van der Waals surface area contributed by atoms with Crippen LogP contribution in [0.5, 0.6) is 0 Å². The summed E-state index contributed by atoms with van der Waals surface area (Å²) in [5.41, 5.74) is 7.28. The third-order valence-corrected chi connectivity index (χ3v) is 6.00. The minimum Gasteiger partial charge on any atom is -0.341 e. The Hall–Kier alpha value is -2.08. The number of rotatable bonds is 5. The van der Waals surface area contributed by atoms with Crippen LogP contribution in [0.25, 0.3) is 0 Å². The number of likely N-dealkylation sites (tertiary alicyclic amines) is 2. The third-order valence-electron chi connectivity index (χ3n) is 6.00. The molecule has 0 radical (unpaired) electrons. The van der Waals surface area contributed by atoms with Crippen LogP contribution >= 0.6 is 0 Å². The lowest BCUT2D eigenvalue weighted by Gasteiger charge is -2.34. The lowest BCUT2D eigenvalue weighted by atomic mass is 9.89. The molecule has 0 aliphatic carbocycles. The van der Waals surface area contributed by atoms with Crippen LogP contribution in [0.15, 0.2) is 30.3 Å². The number of benzene rings is 1. The van der Waals surface area contributed by atoms with Crippen molar-refractivity contribution in [1.82, 2.24) is 15.1 Å². The summed E-state index contributed by atoms with van der Waals surface area (Å²) in [6, 6.07) is 10.3. The normalized spacial score (nSPS) is 25.2. The van der Waals surface area contributed by atoms with E-state index in [9.17, 15) is 9.59 Å². The van der Waals surface area contributed by atoms with E-state index in [1.54, 1.807) is 4.90 Å². The van der Waals surface area contributed by atoms with E-state index in [0.29, 0.717) is 43.9 Å². The van der Waals surface area contributed by atoms with Crippen molar-refractivity contribution in [2.75, 3.05) is 39.3 Å². The fraction of sp³-hybridized carbons (Fsp3) is 0.636. The fourth-order valence-corrected chi connectivity index (χ4v) is 4.39. The monoisotopic (exact) mass is 386 g/mol. The lowest BCUT2D eigenvalue weighted by Crippen LogP contribution is -2.50. The van der Waals surface area contributed by atoms with Gasteiger partial charge < -0.3 is 20.9 Å². The van der Waals surface area contributed by atoms with Gasteiger partial charge in [-0.05, 0) is 36.8 Å². The molecule has 2 fully saturated rings. The summed E-state index contributed by atoms with van der Waals surface area (Å²) in [7, 11) is 0. The summed E-state index contributed by atoms with van der Waals surface area (Å²) in [6.45, 7) is 8.08. The Morgan fingerprint density at radius 3 is 2.57 bits per heavy atom. The van der Waals surface area contributed by atoms with Crippen LogP contribution in [0.4, 0.5) is 4.79 Å². The Morgan fingerprint density at radius 2 is 1.89 bits per heavy atom. The summed E-state index contributed by atoms with van der Waals surface area (Å²) in [4.78, 5) is 29.4. The number of nitrogens with one attached hydrogen (secondary N) is 1. The van der Waals surface area contributed by atoms with Crippen molar-refractivity contribution in [3.8, 4) is 0 Å². The van der Waals surface area contributed by atoms with Gasteiger partial charge in [-0.1, -0.05) is 44.2 Å². The van der Waals surface area contributed by atoms with E-state index < -0.39 is 0 Å². The molecule has 6 nitrogen and oxygen atoms in total. The molecule has 0 spiro atoms. The van der Waals surface area contributed by atoms with Crippen LogP contribution in [0, 0.1) is 17.8 Å². The highest BCUT2D eigenvalue weighted by Gasteiger charge is 2.39. The highest BCUT2D eigenvalue weighted by atomic mass is 16.2. The van der Waals surface area contributed by atoms with E-state index in [0.717, 1.165) is 25.9 Å². The van der Waals surface area contributed by atoms with E-state index in [2.05, 4.69) is 31.3 Å². The summed E-state index contributed by atoms with van der Waals surface area (Å²) >= 11 is 0. The Kier molecular flexibility index (Phi) is 6.94. The number of nitrogens with zero attached hydrogens (tertiary/aromatic N) is 2. The SMILES string of the molecule is CC(C)CNC(=O)N1CCCC(C(=O)N2C[C@@H](CN)[C@H](c3ccccc3)C2)C1. The van der Waals surface area contributed by atoms with Gasteiger partial charge in [-0.2, -0.15) is 0 Å². The molecule has 2 saturated heterocycles. The first-order valence-corrected chi connectivity index (χ1v) is 10.6. The molecule has 0 aromatic heterocycles. The summed E-state index contributed by atoms with van der Waals surface area (Å²) in [6.07, 6.45) is 1.73. The zero-order valence-corrected chi connectivity index (χ0v) is 17.1. The number of hydrogen-bond donors (Lipinski definition) is 2. The number of carbonyl (C=O) groups excluding carboxylic acids is 2. The number of urea groups is 1. The second kappa shape index (κ2) is 9.41. The Bertz CT molecular complexity index is 664. The van der Waals surface area contributed by atoms with Crippen LogP contribution in [0.2, 0.25) is 0 Å². The van der Waals surface area contributed by atoms with Crippen molar-refractivity contribution < 1.29 is 9.59 Å². The van der Waals surface area contributed by atoms with Crippen molar-refractivity contribution in [2.24, 2.45) is 23.5 Å². The van der Waals surface area contributed by atoms with Gasteiger partial charge in [0.25, 0.3) is 0 Å². The van der Waals surface area contributed by atoms with E-state index >= 15 is 0 Å². The van der Waals surface area contributed by atoms with Crippen molar-refractivity contribution >= 4 is 11.9 Å². The second-order valence-electron chi connectivity index (χ2n) is 8.62. The molecular formula is C22H34N4O2. The molecule has 0 bridgehead atoms. The highest BCUT2D eigenvalue weighted by Crippen LogP contribution is 2.33. The first kappa shape index (κ1) is 20.6. The van der Waals surface area contributed by atoms with Crippen LogP contribution < -0.4 is 11.1 Å². The summed E-state index contributed by atoms with van der Waals surface area (Å²) in [5, 5.41) is 2.97. The molecule has 3 amide bonds. The second-order valence-corrected chi connectivity index (χ2v) is 8.62. The molecule has 6 heteroatoms. The average molecular weight is 387 g/mol. The molecule has 0 saturated carbocycles. The standard InChI is InChI=1S/C22H34N4O2/c1-16(2)12-24-22(28)25-10-6-9-18(13-25)21(27)26-14-19(11-23)20(15-26)17-7-4-3-5-8-17/h3-5,7-8,16,18-20H,6,9-15,23H2,1-2H3,(H,24,28)/t18?,19-,20+/m1/s1. The van der Waals surface area contributed by atoms with Gasteiger partial charge in [0.2, 0.25) is 5.91 Å². The molecule has 3 N–H and O–H groups in total. The average Bonchev–Trinajstić information content (AvgIpc) is 3.16. The maximum atomic E-state index is 13.2. The lowest BCUT2D eigenvalue weighted by molar-refractivity contribution is -0.136. The molecule has 28 heavy (non-hydrogen) atoms.